The number of nitrogens with zero attached hydrogens (tertiary/aromatic N) is 1. The van der Waals surface area contributed by atoms with Crippen LogP contribution >= 0.6 is 0 Å². The summed E-state index contributed by atoms with van der Waals surface area (Å²) in [5.41, 5.74) is 1.08. The molecule has 2 rings (SSSR count). The SMILES string of the molecule is CCOc1ccc(NC(=O)CCN(C(C)=O)c2cccc(F)c2)cc1. The highest BCUT2D eigenvalue weighted by atomic mass is 19.1. The van der Waals surface area contributed by atoms with Gasteiger partial charge in [-0.25, -0.2) is 4.39 Å². The fourth-order valence-electron chi connectivity index (χ4n) is 2.35. The van der Waals surface area contributed by atoms with Crippen LogP contribution in [0, 0.1) is 5.82 Å². The first-order valence-electron chi connectivity index (χ1n) is 8.06. The van der Waals surface area contributed by atoms with Gasteiger partial charge >= 0.3 is 0 Å². The molecule has 0 aliphatic heterocycles. The van der Waals surface area contributed by atoms with Gasteiger partial charge in [0.15, 0.2) is 0 Å². The van der Waals surface area contributed by atoms with Crippen molar-refractivity contribution < 1.29 is 18.7 Å². The molecule has 0 spiro atoms. The van der Waals surface area contributed by atoms with E-state index in [2.05, 4.69) is 5.32 Å². The number of amides is 2. The molecule has 0 aliphatic carbocycles. The Labute approximate surface area is 146 Å². The van der Waals surface area contributed by atoms with E-state index in [4.69, 9.17) is 4.74 Å². The van der Waals surface area contributed by atoms with Crippen molar-refractivity contribution in [1.82, 2.24) is 0 Å². The Balaban J connectivity index is 1.93. The maximum Gasteiger partial charge on any atom is 0.226 e. The van der Waals surface area contributed by atoms with Crippen LogP contribution in [0.3, 0.4) is 0 Å². The number of carbonyl (C=O) groups is 2. The zero-order chi connectivity index (χ0) is 18.2. The lowest BCUT2D eigenvalue weighted by Gasteiger charge is -2.21. The summed E-state index contributed by atoms with van der Waals surface area (Å²) in [6, 6.07) is 12.8. The number of carbonyl (C=O) groups excluding carboxylic acids is 2. The van der Waals surface area contributed by atoms with Crippen LogP contribution in [-0.2, 0) is 9.59 Å². The lowest BCUT2D eigenvalue weighted by atomic mass is 10.2. The summed E-state index contributed by atoms with van der Waals surface area (Å²) in [5, 5.41) is 2.76. The number of halogens is 1. The Hall–Kier alpha value is -2.89. The van der Waals surface area contributed by atoms with E-state index in [1.54, 1.807) is 30.3 Å². The molecule has 0 unspecified atom stereocenters. The van der Waals surface area contributed by atoms with Crippen molar-refractivity contribution in [1.29, 1.82) is 0 Å². The number of hydrogen-bond donors (Lipinski definition) is 1. The van der Waals surface area contributed by atoms with Crippen molar-refractivity contribution in [2.75, 3.05) is 23.4 Å². The minimum absolute atomic E-state index is 0.101. The molecule has 0 bridgehead atoms. The molecular weight excluding hydrogens is 323 g/mol. The molecule has 25 heavy (non-hydrogen) atoms. The molecule has 0 radical (unpaired) electrons. The predicted octanol–water partition coefficient (Wildman–Crippen LogP) is 3.61. The van der Waals surface area contributed by atoms with E-state index in [0.717, 1.165) is 5.75 Å². The fraction of sp³-hybridized carbons (Fsp3) is 0.263. The second kappa shape index (κ2) is 8.82. The van der Waals surface area contributed by atoms with E-state index >= 15 is 0 Å². The summed E-state index contributed by atoms with van der Waals surface area (Å²) in [7, 11) is 0. The maximum absolute atomic E-state index is 13.3. The summed E-state index contributed by atoms with van der Waals surface area (Å²) < 4.78 is 18.7. The highest BCUT2D eigenvalue weighted by Crippen LogP contribution is 2.18. The van der Waals surface area contributed by atoms with Crippen molar-refractivity contribution in [2.24, 2.45) is 0 Å². The Morgan fingerprint density at radius 1 is 1.16 bits per heavy atom. The lowest BCUT2D eigenvalue weighted by molar-refractivity contribution is -0.117. The van der Waals surface area contributed by atoms with Gasteiger partial charge in [-0.15, -0.1) is 0 Å². The molecule has 2 amide bonds. The zero-order valence-corrected chi connectivity index (χ0v) is 14.3. The summed E-state index contributed by atoms with van der Waals surface area (Å²) >= 11 is 0. The van der Waals surface area contributed by atoms with E-state index in [1.807, 2.05) is 6.92 Å². The Kier molecular flexibility index (Phi) is 6.51. The summed E-state index contributed by atoms with van der Waals surface area (Å²) in [6.07, 6.45) is 0.101. The molecule has 0 aromatic heterocycles. The highest BCUT2D eigenvalue weighted by molar-refractivity contribution is 5.94. The number of benzene rings is 2. The molecule has 0 fully saturated rings. The van der Waals surface area contributed by atoms with Gasteiger partial charge in [0.25, 0.3) is 0 Å². The molecule has 1 N–H and O–H groups in total. The molecule has 2 aromatic carbocycles. The Morgan fingerprint density at radius 3 is 2.48 bits per heavy atom. The van der Waals surface area contributed by atoms with Gasteiger partial charge in [0.2, 0.25) is 11.8 Å². The third-order valence-electron chi connectivity index (χ3n) is 3.51. The van der Waals surface area contributed by atoms with Gasteiger partial charge in [0.1, 0.15) is 11.6 Å². The fourth-order valence-corrected chi connectivity index (χ4v) is 2.35. The van der Waals surface area contributed by atoms with Crippen molar-refractivity contribution >= 4 is 23.2 Å². The topological polar surface area (TPSA) is 58.6 Å². The molecule has 0 saturated carbocycles. The van der Waals surface area contributed by atoms with Crippen molar-refractivity contribution in [3.63, 3.8) is 0 Å². The molecule has 0 saturated heterocycles. The van der Waals surface area contributed by atoms with Crippen LogP contribution in [0.15, 0.2) is 48.5 Å². The van der Waals surface area contributed by atoms with Crippen molar-refractivity contribution in [2.45, 2.75) is 20.3 Å². The van der Waals surface area contributed by atoms with Crippen LogP contribution in [0.25, 0.3) is 0 Å². The number of ether oxygens (including phenoxy) is 1. The monoisotopic (exact) mass is 344 g/mol. The first-order chi connectivity index (χ1) is 12.0. The first-order valence-corrected chi connectivity index (χ1v) is 8.06. The van der Waals surface area contributed by atoms with Crippen LogP contribution < -0.4 is 15.0 Å². The maximum atomic E-state index is 13.3. The van der Waals surface area contributed by atoms with Gasteiger partial charge in [-0.1, -0.05) is 6.07 Å². The summed E-state index contributed by atoms with van der Waals surface area (Å²) in [4.78, 5) is 25.3. The number of anilines is 2. The third kappa shape index (κ3) is 5.60. The van der Waals surface area contributed by atoms with Gasteiger partial charge in [-0.2, -0.15) is 0 Å². The van der Waals surface area contributed by atoms with Crippen LogP contribution in [0.2, 0.25) is 0 Å². The van der Waals surface area contributed by atoms with Crippen molar-refractivity contribution in [3.8, 4) is 5.75 Å². The van der Waals surface area contributed by atoms with E-state index in [0.29, 0.717) is 18.0 Å². The predicted molar refractivity (Wildman–Crippen MR) is 95.3 cm³/mol. The minimum Gasteiger partial charge on any atom is -0.494 e. The molecule has 132 valence electrons. The van der Waals surface area contributed by atoms with E-state index in [1.165, 1.54) is 30.0 Å². The van der Waals surface area contributed by atoms with Crippen LogP contribution in [0.4, 0.5) is 15.8 Å². The quantitative estimate of drug-likeness (QED) is 0.835. The Morgan fingerprint density at radius 2 is 1.88 bits per heavy atom. The van der Waals surface area contributed by atoms with Gasteiger partial charge < -0.3 is 15.0 Å². The minimum atomic E-state index is -0.428. The van der Waals surface area contributed by atoms with Gasteiger partial charge in [0, 0.05) is 31.3 Å². The van der Waals surface area contributed by atoms with Gasteiger partial charge in [-0.05, 0) is 49.4 Å². The second-order valence-electron chi connectivity index (χ2n) is 5.41. The summed E-state index contributed by atoms with van der Waals surface area (Å²) in [6.45, 7) is 4.03. The van der Waals surface area contributed by atoms with Crippen molar-refractivity contribution in [3.05, 3.63) is 54.3 Å². The first kappa shape index (κ1) is 18.4. The molecule has 6 heteroatoms. The third-order valence-corrected chi connectivity index (χ3v) is 3.51. The second-order valence-corrected chi connectivity index (χ2v) is 5.41. The number of rotatable bonds is 7. The van der Waals surface area contributed by atoms with E-state index in [-0.39, 0.29) is 24.8 Å². The number of nitrogens with one attached hydrogen (secondary N) is 1. The average molecular weight is 344 g/mol. The molecular formula is C19H21FN2O3. The van der Waals surface area contributed by atoms with E-state index in [9.17, 15) is 14.0 Å². The molecule has 0 atom stereocenters. The molecule has 0 aliphatic rings. The van der Waals surface area contributed by atoms with E-state index < -0.39 is 5.82 Å². The smallest absolute Gasteiger partial charge is 0.226 e. The van der Waals surface area contributed by atoms with Gasteiger partial charge in [0.05, 0.1) is 6.61 Å². The number of hydrogen-bond acceptors (Lipinski definition) is 3. The highest BCUT2D eigenvalue weighted by Gasteiger charge is 2.14. The molecule has 5 nitrogen and oxygen atoms in total. The Bertz CT molecular complexity index is 732. The van der Waals surface area contributed by atoms with Crippen LogP contribution in [0.1, 0.15) is 20.3 Å². The largest absolute Gasteiger partial charge is 0.494 e. The normalized spacial score (nSPS) is 10.2. The molecule has 2 aromatic rings. The lowest BCUT2D eigenvalue weighted by Crippen LogP contribution is -2.32. The van der Waals surface area contributed by atoms with Gasteiger partial charge in [-0.3, -0.25) is 9.59 Å². The zero-order valence-electron chi connectivity index (χ0n) is 14.3. The summed E-state index contributed by atoms with van der Waals surface area (Å²) in [5.74, 6) is -0.178. The average Bonchev–Trinajstić information content (AvgIpc) is 2.57. The van der Waals surface area contributed by atoms with Crippen LogP contribution in [0.5, 0.6) is 5.75 Å². The van der Waals surface area contributed by atoms with Crippen LogP contribution in [-0.4, -0.2) is 25.0 Å². The standard InChI is InChI=1S/C19H21FN2O3/c1-3-25-18-9-7-16(8-10-18)21-19(24)11-12-22(14(2)23)17-6-4-5-15(20)13-17/h4-10,13H,3,11-12H2,1-2H3,(H,21,24). The molecule has 0 heterocycles.